The molecule has 2 aliphatic heterocycles. The molecule has 2 saturated heterocycles. The molecule has 0 aromatic carbocycles. The van der Waals surface area contributed by atoms with Crippen LogP contribution >= 0.6 is 0 Å². The van der Waals surface area contributed by atoms with E-state index in [0.29, 0.717) is 18.7 Å². The third-order valence-electron chi connectivity index (χ3n) is 4.46. The smallest absolute Gasteiger partial charge is 0.255 e. The molecule has 0 aliphatic carbocycles. The van der Waals surface area contributed by atoms with E-state index in [4.69, 9.17) is 4.74 Å². The van der Waals surface area contributed by atoms with Gasteiger partial charge in [0.25, 0.3) is 5.91 Å². The van der Waals surface area contributed by atoms with E-state index in [9.17, 15) is 9.59 Å². The number of nitrogens with zero attached hydrogens (tertiary/aromatic N) is 2. The molecule has 1 N–H and O–H groups in total. The number of pyridine rings is 1. The Bertz CT molecular complexity index is 538. The van der Waals surface area contributed by atoms with Crippen molar-refractivity contribution in [1.82, 2.24) is 15.2 Å². The molecule has 2 aliphatic rings. The molecule has 1 atom stereocenters. The molecule has 21 heavy (non-hydrogen) atoms. The maximum absolute atomic E-state index is 12.4. The first-order valence-electron chi connectivity index (χ1n) is 7.23. The van der Waals surface area contributed by atoms with E-state index in [1.54, 1.807) is 24.5 Å². The second kappa shape index (κ2) is 5.44. The number of aromatic nitrogens is 1. The average molecular weight is 289 g/mol. The summed E-state index contributed by atoms with van der Waals surface area (Å²) in [6.07, 6.45) is 4.72. The zero-order valence-corrected chi connectivity index (χ0v) is 12.0. The maximum Gasteiger partial charge on any atom is 0.255 e. The number of ether oxygens (including phenoxy) is 1. The molecule has 2 amide bonds. The summed E-state index contributed by atoms with van der Waals surface area (Å²) in [5.41, 5.74) is 0.277. The molecule has 1 aromatic heterocycles. The third-order valence-corrected chi connectivity index (χ3v) is 4.46. The topological polar surface area (TPSA) is 71.5 Å². The van der Waals surface area contributed by atoms with Gasteiger partial charge in [0.15, 0.2) is 0 Å². The van der Waals surface area contributed by atoms with Crippen LogP contribution in [0.1, 0.15) is 30.1 Å². The van der Waals surface area contributed by atoms with Gasteiger partial charge < -0.3 is 15.0 Å². The van der Waals surface area contributed by atoms with Crippen LogP contribution in [0, 0.1) is 0 Å². The molecule has 112 valence electrons. The van der Waals surface area contributed by atoms with Gasteiger partial charge in [-0.1, -0.05) is 0 Å². The van der Waals surface area contributed by atoms with Crippen LogP contribution in [0.4, 0.5) is 0 Å². The summed E-state index contributed by atoms with van der Waals surface area (Å²) in [7, 11) is 0. The molecule has 1 aromatic rings. The quantitative estimate of drug-likeness (QED) is 0.821. The number of rotatable bonds is 1. The SMILES string of the molecule is C[C@H]1NC(=O)COC12CCN(C(=O)c1cccnc1)CC2. The number of amides is 2. The van der Waals surface area contributed by atoms with Crippen LogP contribution in [0.5, 0.6) is 0 Å². The first-order valence-corrected chi connectivity index (χ1v) is 7.23. The second-order valence-electron chi connectivity index (χ2n) is 5.68. The van der Waals surface area contributed by atoms with Crippen LogP contribution in [0.25, 0.3) is 0 Å². The van der Waals surface area contributed by atoms with Crippen LogP contribution in [0.2, 0.25) is 0 Å². The lowest BCUT2D eigenvalue weighted by Gasteiger charge is -2.47. The Morgan fingerprint density at radius 3 is 2.86 bits per heavy atom. The minimum atomic E-state index is -0.334. The number of piperidine rings is 1. The standard InChI is InChI=1S/C15H19N3O3/c1-11-15(21-10-13(19)17-11)4-7-18(8-5-15)14(20)12-3-2-6-16-9-12/h2-3,6,9,11H,4-5,7-8,10H2,1H3,(H,17,19)/t11-/m1/s1. The molecular formula is C15H19N3O3. The first kappa shape index (κ1) is 14.0. The summed E-state index contributed by atoms with van der Waals surface area (Å²) >= 11 is 0. The summed E-state index contributed by atoms with van der Waals surface area (Å²) in [4.78, 5) is 29.5. The Kier molecular flexibility index (Phi) is 3.63. The fourth-order valence-electron chi connectivity index (χ4n) is 3.09. The second-order valence-corrected chi connectivity index (χ2v) is 5.68. The Labute approximate surface area is 123 Å². The maximum atomic E-state index is 12.4. The highest BCUT2D eigenvalue weighted by Crippen LogP contribution is 2.32. The lowest BCUT2D eigenvalue weighted by atomic mass is 9.83. The fourth-order valence-corrected chi connectivity index (χ4v) is 3.09. The molecule has 0 unspecified atom stereocenters. The number of hydrogen-bond donors (Lipinski definition) is 1. The average Bonchev–Trinajstić information content (AvgIpc) is 2.52. The van der Waals surface area contributed by atoms with E-state index in [1.165, 1.54) is 0 Å². The van der Waals surface area contributed by atoms with Crippen LogP contribution in [0.15, 0.2) is 24.5 Å². The normalized spacial score (nSPS) is 24.7. The highest BCUT2D eigenvalue weighted by atomic mass is 16.5. The van der Waals surface area contributed by atoms with Gasteiger partial charge in [0.1, 0.15) is 6.61 Å². The third kappa shape index (κ3) is 2.63. The number of carbonyl (C=O) groups excluding carboxylic acids is 2. The van der Waals surface area contributed by atoms with Gasteiger partial charge in [-0.05, 0) is 31.9 Å². The highest BCUT2D eigenvalue weighted by molar-refractivity contribution is 5.93. The largest absolute Gasteiger partial charge is 0.363 e. The number of carbonyl (C=O) groups is 2. The Morgan fingerprint density at radius 1 is 1.48 bits per heavy atom. The Hall–Kier alpha value is -1.95. The van der Waals surface area contributed by atoms with Crippen molar-refractivity contribution in [2.75, 3.05) is 19.7 Å². The summed E-state index contributed by atoms with van der Waals surface area (Å²) < 4.78 is 5.80. The highest BCUT2D eigenvalue weighted by Gasteiger charge is 2.44. The summed E-state index contributed by atoms with van der Waals surface area (Å²) in [5.74, 6) is -0.0626. The minimum Gasteiger partial charge on any atom is -0.363 e. The predicted octanol–water partition coefficient (Wildman–Crippen LogP) is 0.591. The van der Waals surface area contributed by atoms with Crippen molar-refractivity contribution in [3.63, 3.8) is 0 Å². The van der Waals surface area contributed by atoms with Crippen molar-refractivity contribution in [3.8, 4) is 0 Å². The minimum absolute atomic E-state index is 0.00504. The zero-order valence-electron chi connectivity index (χ0n) is 12.0. The molecular weight excluding hydrogens is 270 g/mol. The van der Waals surface area contributed by atoms with Gasteiger partial charge in [0.05, 0.1) is 17.2 Å². The number of likely N-dealkylation sites (tertiary alicyclic amines) is 1. The van der Waals surface area contributed by atoms with Crippen LogP contribution < -0.4 is 5.32 Å². The molecule has 0 radical (unpaired) electrons. The van der Waals surface area contributed by atoms with E-state index in [2.05, 4.69) is 10.3 Å². The van der Waals surface area contributed by atoms with E-state index >= 15 is 0 Å². The van der Waals surface area contributed by atoms with Gasteiger partial charge in [-0.25, -0.2) is 0 Å². The van der Waals surface area contributed by atoms with Crippen LogP contribution in [-0.2, 0) is 9.53 Å². The molecule has 2 fully saturated rings. The van der Waals surface area contributed by atoms with Crippen molar-refractivity contribution >= 4 is 11.8 Å². The van der Waals surface area contributed by atoms with Gasteiger partial charge in [-0.15, -0.1) is 0 Å². The van der Waals surface area contributed by atoms with E-state index in [1.807, 2.05) is 11.8 Å². The lowest BCUT2D eigenvalue weighted by Crippen LogP contribution is -2.63. The van der Waals surface area contributed by atoms with E-state index in [0.717, 1.165) is 12.8 Å². The lowest BCUT2D eigenvalue weighted by molar-refractivity contribution is -0.158. The summed E-state index contributed by atoms with van der Waals surface area (Å²) in [6.45, 7) is 3.35. The van der Waals surface area contributed by atoms with Crippen molar-refractivity contribution in [2.24, 2.45) is 0 Å². The first-order chi connectivity index (χ1) is 10.1. The predicted molar refractivity (Wildman–Crippen MR) is 75.7 cm³/mol. The van der Waals surface area contributed by atoms with Gasteiger partial charge in [0, 0.05) is 25.5 Å². The van der Waals surface area contributed by atoms with Crippen molar-refractivity contribution in [3.05, 3.63) is 30.1 Å². The number of morpholine rings is 1. The molecule has 0 bridgehead atoms. The number of nitrogens with one attached hydrogen (secondary N) is 1. The molecule has 6 nitrogen and oxygen atoms in total. The Balaban J connectivity index is 1.65. The van der Waals surface area contributed by atoms with Crippen LogP contribution in [0.3, 0.4) is 0 Å². The van der Waals surface area contributed by atoms with E-state index in [-0.39, 0.29) is 30.1 Å². The van der Waals surface area contributed by atoms with Crippen molar-refractivity contribution in [2.45, 2.75) is 31.4 Å². The fraction of sp³-hybridized carbons (Fsp3) is 0.533. The Morgan fingerprint density at radius 2 is 2.24 bits per heavy atom. The van der Waals surface area contributed by atoms with Gasteiger partial charge >= 0.3 is 0 Å². The van der Waals surface area contributed by atoms with Crippen molar-refractivity contribution < 1.29 is 14.3 Å². The molecule has 6 heteroatoms. The molecule has 3 rings (SSSR count). The number of hydrogen-bond acceptors (Lipinski definition) is 4. The van der Waals surface area contributed by atoms with Crippen LogP contribution in [-0.4, -0.2) is 53.0 Å². The monoisotopic (exact) mass is 289 g/mol. The van der Waals surface area contributed by atoms with E-state index < -0.39 is 0 Å². The molecule has 1 spiro atoms. The summed E-state index contributed by atoms with van der Waals surface area (Å²) in [5, 5.41) is 2.94. The molecule has 0 saturated carbocycles. The summed E-state index contributed by atoms with van der Waals surface area (Å²) in [6, 6.07) is 3.52. The molecule has 3 heterocycles. The van der Waals surface area contributed by atoms with Crippen molar-refractivity contribution in [1.29, 1.82) is 0 Å². The van der Waals surface area contributed by atoms with Gasteiger partial charge in [0.2, 0.25) is 5.91 Å². The van der Waals surface area contributed by atoms with Gasteiger partial charge in [-0.3, -0.25) is 14.6 Å². The van der Waals surface area contributed by atoms with Gasteiger partial charge in [-0.2, -0.15) is 0 Å². The zero-order chi connectivity index (χ0) is 14.9.